The molecule has 0 aliphatic rings. The van der Waals surface area contributed by atoms with Crippen molar-refractivity contribution in [1.82, 2.24) is 4.31 Å². The number of benzene rings is 2. The van der Waals surface area contributed by atoms with E-state index in [2.05, 4.69) is 13.8 Å². The molecule has 2 N–H and O–H groups in total. The molecule has 0 saturated heterocycles. The molecule has 0 spiro atoms. The zero-order valence-electron chi connectivity index (χ0n) is 20.1. The summed E-state index contributed by atoms with van der Waals surface area (Å²) < 4.78 is 34.1. The summed E-state index contributed by atoms with van der Waals surface area (Å²) in [4.78, 5) is 0.181. The predicted molar refractivity (Wildman–Crippen MR) is 131 cm³/mol. The van der Waals surface area contributed by atoms with Crippen molar-refractivity contribution in [3.8, 4) is 0 Å². The highest BCUT2D eigenvalue weighted by molar-refractivity contribution is 7.89. The first kappa shape index (κ1) is 27.5. The monoisotopic (exact) mass is 477 g/mol. The van der Waals surface area contributed by atoms with E-state index >= 15 is 0 Å². The van der Waals surface area contributed by atoms with E-state index in [-0.39, 0.29) is 11.5 Å². The first-order valence-corrected chi connectivity index (χ1v) is 13.2. The molecule has 2 atom stereocenters. The average molecular weight is 478 g/mol. The Labute approximate surface area is 199 Å². The molecule has 7 heteroatoms. The maximum atomic E-state index is 13.4. The summed E-state index contributed by atoms with van der Waals surface area (Å²) in [6, 6.07) is 15.8. The highest BCUT2D eigenvalue weighted by atomic mass is 32.2. The average Bonchev–Trinajstić information content (AvgIpc) is 2.80. The minimum atomic E-state index is -3.77. The molecule has 33 heavy (non-hydrogen) atoms. The van der Waals surface area contributed by atoms with E-state index < -0.39 is 22.2 Å². The van der Waals surface area contributed by atoms with Gasteiger partial charge >= 0.3 is 0 Å². The quantitative estimate of drug-likeness (QED) is 0.368. The lowest BCUT2D eigenvalue weighted by molar-refractivity contribution is 0.112. The molecule has 0 saturated carbocycles. The molecule has 2 aromatic rings. The van der Waals surface area contributed by atoms with Crippen LogP contribution < -0.4 is 0 Å². The van der Waals surface area contributed by atoms with Crippen LogP contribution in [0.1, 0.15) is 63.7 Å². The van der Waals surface area contributed by atoms with Crippen LogP contribution in [0.3, 0.4) is 0 Å². The molecule has 184 valence electrons. The number of aliphatic hydroxyl groups excluding tert-OH is 2. The van der Waals surface area contributed by atoms with Crippen LogP contribution in [0.15, 0.2) is 59.5 Å². The Kier molecular flexibility index (Phi) is 11.5. The van der Waals surface area contributed by atoms with Gasteiger partial charge in [0.1, 0.15) is 0 Å². The second-order valence-electron chi connectivity index (χ2n) is 8.91. The Morgan fingerprint density at radius 3 is 2.18 bits per heavy atom. The lowest BCUT2D eigenvalue weighted by Crippen LogP contribution is -2.43. The number of nitrogens with zero attached hydrogens (tertiary/aromatic N) is 1. The molecule has 0 aromatic heterocycles. The Bertz CT molecular complexity index is 898. The molecule has 1 unspecified atom stereocenters. The number of rotatable bonds is 15. The van der Waals surface area contributed by atoms with Crippen molar-refractivity contribution in [1.29, 1.82) is 0 Å². The van der Waals surface area contributed by atoms with Crippen molar-refractivity contribution in [2.75, 3.05) is 19.8 Å². The number of ether oxygens (including phenoxy) is 1. The molecule has 0 radical (unpaired) electrons. The normalized spacial score (nSPS) is 14.0. The molecular formula is C26H39NO5S. The third-order valence-corrected chi connectivity index (χ3v) is 7.67. The van der Waals surface area contributed by atoms with Gasteiger partial charge in [0.2, 0.25) is 10.0 Å². The van der Waals surface area contributed by atoms with Crippen LogP contribution in [0, 0.1) is 5.92 Å². The van der Waals surface area contributed by atoms with Gasteiger partial charge in [-0.3, -0.25) is 0 Å². The van der Waals surface area contributed by atoms with Gasteiger partial charge in [-0.05, 0) is 61.8 Å². The van der Waals surface area contributed by atoms with Gasteiger partial charge in [-0.15, -0.1) is 0 Å². The van der Waals surface area contributed by atoms with E-state index in [1.165, 1.54) is 16.4 Å². The molecule has 0 heterocycles. The van der Waals surface area contributed by atoms with Crippen LogP contribution in [0.2, 0.25) is 0 Å². The maximum absolute atomic E-state index is 13.4. The molecule has 0 bridgehead atoms. The predicted octanol–water partition coefficient (Wildman–Crippen LogP) is 4.52. The Hall–Kier alpha value is -1.77. The van der Waals surface area contributed by atoms with Crippen LogP contribution in [0.5, 0.6) is 0 Å². The summed E-state index contributed by atoms with van der Waals surface area (Å²) in [6.45, 7) is 7.03. The first-order chi connectivity index (χ1) is 15.8. The second kappa shape index (κ2) is 13.8. The summed E-state index contributed by atoms with van der Waals surface area (Å²) in [5, 5.41) is 19.8. The van der Waals surface area contributed by atoms with E-state index in [1.807, 2.05) is 30.3 Å². The SMILES string of the molecule is CC(C)CCN(C(CO)CCCCOCc1ccccc1)S(=O)(=O)c1ccc([C@H](C)O)cc1. The zero-order valence-corrected chi connectivity index (χ0v) is 20.9. The molecule has 0 aliphatic carbocycles. The van der Waals surface area contributed by atoms with Crippen LogP contribution >= 0.6 is 0 Å². The fraction of sp³-hybridized carbons (Fsp3) is 0.538. The van der Waals surface area contributed by atoms with Gasteiger partial charge in [0.05, 0.1) is 24.2 Å². The largest absolute Gasteiger partial charge is 0.395 e. The van der Waals surface area contributed by atoms with Crippen molar-refractivity contribution < 1.29 is 23.4 Å². The molecule has 6 nitrogen and oxygen atoms in total. The Balaban J connectivity index is 2.00. The molecule has 0 fully saturated rings. The van der Waals surface area contributed by atoms with Crippen molar-refractivity contribution in [3.05, 3.63) is 65.7 Å². The van der Waals surface area contributed by atoms with Crippen molar-refractivity contribution in [2.45, 2.75) is 70.1 Å². The number of sulfonamides is 1. The number of hydrogen-bond donors (Lipinski definition) is 2. The van der Waals surface area contributed by atoms with Crippen LogP contribution in [0.25, 0.3) is 0 Å². The Morgan fingerprint density at radius 2 is 1.61 bits per heavy atom. The summed E-state index contributed by atoms with van der Waals surface area (Å²) >= 11 is 0. The summed E-state index contributed by atoms with van der Waals surface area (Å²) in [7, 11) is -3.77. The Morgan fingerprint density at radius 1 is 0.939 bits per heavy atom. The van der Waals surface area contributed by atoms with Crippen LogP contribution in [-0.2, 0) is 21.4 Å². The summed E-state index contributed by atoms with van der Waals surface area (Å²) in [5.41, 5.74) is 1.79. The van der Waals surface area contributed by atoms with Gasteiger partial charge in [-0.1, -0.05) is 56.3 Å². The second-order valence-corrected chi connectivity index (χ2v) is 10.8. The van der Waals surface area contributed by atoms with E-state index in [0.29, 0.717) is 44.1 Å². The molecule has 0 aliphatic heterocycles. The van der Waals surface area contributed by atoms with Crippen molar-refractivity contribution in [2.24, 2.45) is 5.92 Å². The van der Waals surface area contributed by atoms with E-state index in [9.17, 15) is 18.6 Å². The van der Waals surface area contributed by atoms with Crippen molar-refractivity contribution in [3.63, 3.8) is 0 Å². The minimum absolute atomic E-state index is 0.181. The van der Waals surface area contributed by atoms with E-state index in [1.54, 1.807) is 19.1 Å². The maximum Gasteiger partial charge on any atom is 0.243 e. The smallest absolute Gasteiger partial charge is 0.243 e. The van der Waals surface area contributed by atoms with Crippen molar-refractivity contribution >= 4 is 10.0 Å². The molecule has 2 aromatic carbocycles. The fourth-order valence-corrected chi connectivity index (χ4v) is 5.27. The highest BCUT2D eigenvalue weighted by Gasteiger charge is 2.31. The standard InChI is InChI=1S/C26H39NO5S/c1-21(2)16-17-27(33(30,31)26-14-12-24(13-15-26)22(3)29)25(19-28)11-7-8-18-32-20-23-9-5-4-6-10-23/h4-6,9-10,12-15,21-22,25,28-29H,7-8,11,16-20H2,1-3H3/t22-,25?/m0/s1. The van der Waals surface area contributed by atoms with Crippen LogP contribution in [-0.4, -0.2) is 48.7 Å². The summed E-state index contributed by atoms with van der Waals surface area (Å²) in [6.07, 6.45) is 2.17. The van der Waals surface area contributed by atoms with E-state index in [0.717, 1.165) is 18.4 Å². The molecule has 0 amide bonds. The van der Waals surface area contributed by atoms with Gasteiger partial charge < -0.3 is 14.9 Å². The first-order valence-electron chi connectivity index (χ1n) is 11.8. The van der Waals surface area contributed by atoms with Gasteiger partial charge in [0.15, 0.2) is 0 Å². The topological polar surface area (TPSA) is 87.1 Å². The van der Waals surface area contributed by atoms with Gasteiger partial charge in [-0.2, -0.15) is 4.31 Å². The minimum Gasteiger partial charge on any atom is -0.395 e. The zero-order chi connectivity index (χ0) is 24.3. The molecule has 2 rings (SSSR count). The fourth-order valence-electron chi connectivity index (χ4n) is 3.61. The number of aliphatic hydroxyl groups is 2. The number of hydrogen-bond acceptors (Lipinski definition) is 5. The summed E-state index contributed by atoms with van der Waals surface area (Å²) in [5.74, 6) is 0.339. The third-order valence-electron chi connectivity index (χ3n) is 5.70. The van der Waals surface area contributed by atoms with Gasteiger partial charge in [-0.25, -0.2) is 8.42 Å². The third kappa shape index (κ3) is 8.83. The van der Waals surface area contributed by atoms with Gasteiger partial charge in [0.25, 0.3) is 0 Å². The lowest BCUT2D eigenvalue weighted by atomic mass is 10.1. The number of unbranched alkanes of at least 4 members (excludes halogenated alkanes) is 1. The van der Waals surface area contributed by atoms with Gasteiger partial charge in [0, 0.05) is 19.2 Å². The van der Waals surface area contributed by atoms with Crippen LogP contribution in [0.4, 0.5) is 0 Å². The lowest BCUT2D eigenvalue weighted by Gasteiger charge is -2.30. The molecular weight excluding hydrogens is 438 g/mol. The highest BCUT2D eigenvalue weighted by Crippen LogP contribution is 2.24. The van der Waals surface area contributed by atoms with E-state index in [4.69, 9.17) is 4.74 Å².